The summed E-state index contributed by atoms with van der Waals surface area (Å²) in [5.41, 5.74) is 2.46. The first-order valence-electron chi connectivity index (χ1n) is 9.01. The zero-order chi connectivity index (χ0) is 21.1. The van der Waals surface area contributed by atoms with Gasteiger partial charge in [-0.25, -0.2) is 19.3 Å². The maximum absolute atomic E-state index is 14.2. The highest BCUT2D eigenvalue weighted by molar-refractivity contribution is 6.38. The number of nitrogens with one attached hydrogen (secondary N) is 1. The lowest BCUT2D eigenvalue weighted by molar-refractivity contribution is 0.102. The predicted molar refractivity (Wildman–Crippen MR) is 113 cm³/mol. The summed E-state index contributed by atoms with van der Waals surface area (Å²) >= 11 is 0. The third kappa shape index (κ3) is 3.89. The smallest absolute Gasteiger partial charge is 0.257 e. The van der Waals surface area contributed by atoms with Crippen LogP contribution >= 0.6 is 0 Å². The summed E-state index contributed by atoms with van der Waals surface area (Å²) in [6, 6.07) is 4.32. The molecule has 0 bridgehead atoms. The lowest BCUT2D eigenvalue weighted by atomic mass is 9.92. The number of imidazole rings is 1. The molecular formula is C20H21BFN5O2. The molecule has 9 heteroatoms. The molecule has 7 nitrogen and oxygen atoms in total. The third-order valence-electron chi connectivity index (χ3n) is 4.05. The summed E-state index contributed by atoms with van der Waals surface area (Å²) in [6.07, 6.45) is 4.68. The van der Waals surface area contributed by atoms with E-state index in [-0.39, 0.29) is 24.2 Å². The minimum Gasteiger partial charge on any atom is -0.480 e. The van der Waals surface area contributed by atoms with E-state index in [2.05, 4.69) is 20.3 Å². The largest absolute Gasteiger partial charge is 0.480 e. The summed E-state index contributed by atoms with van der Waals surface area (Å²) in [5.74, 6) is -0.758. The number of nitrogens with zero attached hydrogens (tertiary/aromatic N) is 4. The van der Waals surface area contributed by atoms with Gasteiger partial charge in [-0.1, -0.05) is 25.4 Å². The topological polar surface area (TPSA) is 81.4 Å². The van der Waals surface area contributed by atoms with Crippen molar-refractivity contribution in [1.82, 2.24) is 19.4 Å². The summed E-state index contributed by atoms with van der Waals surface area (Å²) < 4.78 is 20.8. The van der Waals surface area contributed by atoms with Crippen molar-refractivity contribution in [2.45, 2.75) is 20.8 Å². The monoisotopic (exact) mass is 393 g/mol. The van der Waals surface area contributed by atoms with Gasteiger partial charge in [0.2, 0.25) is 5.88 Å². The van der Waals surface area contributed by atoms with Crippen LogP contribution < -0.4 is 15.5 Å². The normalized spacial score (nSPS) is 10.5. The first-order chi connectivity index (χ1) is 14.0. The molecule has 0 fully saturated rings. The van der Waals surface area contributed by atoms with Crippen LogP contribution in [-0.2, 0) is 0 Å². The molecule has 1 amide bonds. The Morgan fingerprint density at radius 2 is 2.00 bits per heavy atom. The van der Waals surface area contributed by atoms with Gasteiger partial charge in [-0.2, -0.15) is 0 Å². The molecule has 0 saturated carbocycles. The van der Waals surface area contributed by atoms with E-state index < -0.39 is 11.7 Å². The molecule has 148 valence electrons. The van der Waals surface area contributed by atoms with E-state index >= 15 is 0 Å². The minimum atomic E-state index is -0.537. The average molecular weight is 393 g/mol. The molecule has 3 aromatic heterocycles. The van der Waals surface area contributed by atoms with Crippen molar-refractivity contribution >= 4 is 41.6 Å². The van der Waals surface area contributed by atoms with Crippen LogP contribution in [0.25, 0.3) is 16.7 Å². The van der Waals surface area contributed by atoms with Crippen molar-refractivity contribution in [2.75, 3.05) is 12.4 Å². The lowest BCUT2D eigenvalue weighted by Gasteiger charge is -2.10. The molecule has 0 atom stereocenters. The maximum Gasteiger partial charge on any atom is 0.257 e. The molecule has 29 heavy (non-hydrogen) atoms. The van der Waals surface area contributed by atoms with Crippen molar-refractivity contribution in [3.8, 4) is 5.88 Å². The second-order valence-electron chi connectivity index (χ2n) is 5.96. The number of methoxy groups -OCH3 is 1. The number of aryl methyl sites for hydroxylation is 1. The van der Waals surface area contributed by atoms with Crippen molar-refractivity contribution in [3.63, 3.8) is 0 Å². The molecule has 1 N–H and O–H groups in total. The van der Waals surface area contributed by atoms with Crippen LogP contribution in [0.2, 0.25) is 0 Å². The first kappa shape index (κ1) is 20.3. The quantitative estimate of drug-likeness (QED) is 0.541. The number of hydrogen-bond donors (Lipinski definition) is 1. The Kier molecular flexibility index (Phi) is 5.77. The van der Waals surface area contributed by atoms with Crippen LogP contribution in [0.4, 0.5) is 10.1 Å². The zero-order valence-electron chi connectivity index (χ0n) is 16.5. The molecule has 4 aromatic rings. The van der Waals surface area contributed by atoms with E-state index in [4.69, 9.17) is 12.6 Å². The van der Waals surface area contributed by atoms with Gasteiger partial charge in [-0.15, -0.1) is 0 Å². The van der Waals surface area contributed by atoms with Crippen LogP contribution in [0.1, 0.15) is 31.3 Å². The first-order valence-corrected chi connectivity index (χ1v) is 9.01. The SMILES string of the molecule is CC.[B]c1ccc(C(=O)Nc2cc(F)c3nc(C)cn3c2)c2nc(OC)cnc12.[HH]. The molecule has 3 heterocycles. The Morgan fingerprint density at radius 3 is 2.72 bits per heavy atom. The van der Waals surface area contributed by atoms with Crippen LogP contribution in [0.15, 0.2) is 36.8 Å². The van der Waals surface area contributed by atoms with E-state index in [0.717, 1.165) is 0 Å². The average Bonchev–Trinajstić information content (AvgIpc) is 3.10. The Hall–Kier alpha value is -3.49. The van der Waals surface area contributed by atoms with Gasteiger partial charge in [-0.05, 0) is 13.0 Å². The highest BCUT2D eigenvalue weighted by Crippen LogP contribution is 2.20. The van der Waals surface area contributed by atoms with Gasteiger partial charge in [0.15, 0.2) is 11.5 Å². The fourth-order valence-corrected chi connectivity index (χ4v) is 2.83. The Bertz CT molecular complexity index is 1210. The fraction of sp³-hybridized carbons (Fsp3) is 0.200. The number of rotatable bonds is 3. The number of hydrogen-bond acceptors (Lipinski definition) is 5. The van der Waals surface area contributed by atoms with Gasteiger partial charge in [0, 0.05) is 19.9 Å². The summed E-state index contributed by atoms with van der Waals surface area (Å²) in [4.78, 5) is 25.3. The highest BCUT2D eigenvalue weighted by atomic mass is 19.1. The number of pyridine rings is 1. The van der Waals surface area contributed by atoms with Gasteiger partial charge in [0.1, 0.15) is 13.4 Å². The van der Waals surface area contributed by atoms with E-state index in [9.17, 15) is 9.18 Å². The molecule has 0 aliphatic carbocycles. The second kappa shape index (κ2) is 8.26. The minimum absolute atomic E-state index is 0. The number of amides is 1. The second-order valence-corrected chi connectivity index (χ2v) is 5.96. The van der Waals surface area contributed by atoms with Gasteiger partial charge in [-0.3, -0.25) is 4.79 Å². The van der Waals surface area contributed by atoms with Gasteiger partial charge < -0.3 is 14.5 Å². The fourth-order valence-electron chi connectivity index (χ4n) is 2.83. The van der Waals surface area contributed by atoms with Crippen molar-refractivity contribution in [1.29, 1.82) is 0 Å². The molecular weight excluding hydrogens is 372 g/mol. The molecule has 0 aliphatic rings. The van der Waals surface area contributed by atoms with Crippen LogP contribution in [-0.4, -0.2) is 40.2 Å². The van der Waals surface area contributed by atoms with Crippen LogP contribution in [0.3, 0.4) is 0 Å². The Morgan fingerprint density at radius 1 is 1.24 bits per heavy atom. The van der Waals surface area contributed by atoms with Crippen molar-refractivity contribution in [3.05, 3.63) is 53.9 Å². The number of carbonyl (C=O) groups is 1. The van der Waals surface area contributed by atoms with Crippen molar-refractivity contribution < 1.29 is 15.3 Å². The Labute approximate surface area is 169 Å². The highest BCUT2D eigenvalue weighted by Gasteiger charge is 2.16. The summed E-state index contributed by atoms with van der Waals surface area (Å²) in [7, 11) is 7.37. The number of halogens is 1. The number of aromatic nitrogens is 4. The Balaban J connectivity index is 0.00000104. The van der Waals surface area contributed by atoms with Gasteiger partial charge in [0.25, 0.3) is 5.91 Å². The molecule has 0 saturated heterocycles. The number of benzene rings is 1. The number of carbonyl (C=O) groups excluding carboxylic acids is 1. The zero-order valence-corrected chi connectivity index (χ0v) is 16.5. The predicted octanol–water partition coefficient (Wildman–Crippen LogP) is 3.05. The summed E-state index contributed by atoms with van der Waals surface area (Å²) in [5, 5.41) is 2.67. The number of anilines is 1. The van der Waals surface area contributed by atoms with Crippen molar-refractivity contribution in [2.24, 2.45) is 0 Å². The van der Waals surface area contributed by atoms with E-state index in [1.165, 1.54) is 29.8 Å². The number of fused-ring (bicyclic) bond motifs is 2. The maximum atomic E-state index is 14.2. The van der Waals surface area contributed by atoms with E-state index in [1.807, 2.05) is 13.8 Å². The molecule has 2 radical (unpaired) electrons. The third-order valence-corrected chi connectivity index (χ3v) is 4.05. The van der Waals surface area contributed by atoms with Crippen LogP contribution in [0.5, 0.6) is 5.88 Å². The molecule has 0 spiro atoms. The standard InChI is InChI=1S/C18H13BFN5O2.C2H6.H2/c1-9-7-25-8-10(5-13(20)17(25)22-9)23-18(26)11-3-4-12(19)16-15(11)24-14(27-2)6-21-16;1-2;/h3-8H,1-2H3,(H,23,26);1-2H3;1H. The van der Waals surface area contributed by atoms with E-state index in [0.29, 0.717) is 22.2 Å². The molecule has 0 aliphatic heterocycles. The van der Waals surface area contributed by atoms with Gasteiger partial charge in [0.05, 0.1) is 35.8 Å². The van der Waals surface area contributed by atoms with Gasteiger partial charge >= 0.3 is 0 Å². The molecule has 0 unspecified atom stereocenters. The molecule has 4 rings (SSSR count). The number of ether oxygens (including phenoxy) is 1. The van der Waals surface area contributed by atoms with Crippen LogP contribution in [0, 0.1) is 12.7 Å². The summed E-state index contributed by atoms with van der Waals surface area (Å²) in [6.45, 7) is 5.76. The van der Waals surface area contributed by atoms with E-state index in [1.54, 1.807) is 25.4 Å². The molecule has 1 aromatic carbocycles. The lowest BCUT2D eigenvalue weighted by Crippen LogP contribution is -2.17.